The molecule has 1 atom stereocenters. The van der Waals surface area contributed by atoms with E-state index in [1.165, 1.54) is 17.0 Å². The molecule has 40 heavy (non-hydrogen) atoms. The number of nitrogens with one attached hydrogen (secondary N) is 1. The lowest BCUT2D eigenvalue weighted by molar-refractivity contribution is -0.139. The highest BCUT2D eigenvalue weighted by atomic mass is 32.2. The first kappa shape index (κ1) is 30.7. The van der Waals surface area contributed by atoms with E-state index in [0.717, 1.165) is 21.0 Å². The lowest BCUT2D eigenvalue weighted by Gasteiger charge is -2.32. The van der Waals surface area contributed by atoms with Gasteiger partial charge in [0.2, 0.25) is 11.8 Å². The molecule has 3 aromatic carbocycles. The molecule has 0 aliphatic heterocycles. The molecular formula is C31H39N3O5S. The fourth-order valence-electron chi connectivity index (χ4n) is 4.13. The Hall–Kier alpha value is -3.85. The summed E-state index contributed by atoms with van der Waals surface area (Å²) < 4.78 is 34.2. The molecule has 0 saturated carbocycles. The van der Waals surface area contributed by atoms with Gasteiger partial charge < -0.3 is 15.0 Å². The standard InChI is InChI=1S/C31H39N3O5S/c1-22(2)19-32-31(36)25(5)33(20-26-11-10-12-28(18-26)39-6)30(35)21-34(27-16-15-23(3)24(4)17-27)40(37,38)29-13-8-7-9-14-29/h7-18,22,25H,19-21H2,1-6H3,(H,32,36)/t25-/m0/s1. The number of methoxy groups -OCH3 is 1. The van der Waals surface area contributed by atoms with E-state index in [-0.39, 0.29) is 23.3 Å². The van der Waals surface area contributed by atoms with Gasteiger partial charge in [-0.15, -0.1) is 0 Å². The number of hydrogen-bond donors (Lipinski definition) is 1. The van der Waals surface area contributed by atoms with E-state index in [1.54, 1.807) is 56.5 Å². The number of nitrogens with zero attached hydrogens (tertiary/aromatic N) is 2. The van der Waals surface area contributed by atoms with Gasteiger partial charge in [-0.25, -0.2) is 8.42 Å². The monoisotopic (exact) mass is 565 g/mol. The quantitative estimate of drug-likeness (QED) is 0.344. The van der Waals surface area contributed by atoms with Crippen LogP contribution in [0.4, 0.5) is 5.69 Å². The van der Waals surface area contributed by atoms with Crippen LogP contribution >= 0.6 is 0 Å². The Kier molecular flexibility index (Phi) is 10.3. The van der Waals surface area contributed by atoms with Crippen LogP contribution in [0, 0.1) is 19.8 Å². The number of ether oxygens (including phenoxy) is 1. The number of rotatable bonds is 12. The average molecular weight is 566 g/mol. The second-order valence-corrected chi connectivity index (χ2v) is 12.1. The number of anilines is 1. The Morgan fingerprint density at radius 1 is 0.900 bits per heavy atom. The van der Waals surface area contributed by atoms with Gasteiger partial charge in [0, 0.05) is 13.1 Å². The van der Waals surface area contributed by atoms with Gasteiger partial charge in [0.25, 0.3) is 10.0 Å². The summed E-state index contributed by atoms with van der Waals surface area (Å²) in [5.41, 5.74) is 3.02. The number of hydrogen-bond acceptors (Lipinski definition) is 5. The summed E-state index contributed by atoms with van der Waals surface area (Å²) in [6.45, 7) is 9.53. The first-order valence-electron chi connectivity index (χ1n) is 13.3. The van der Waals surface area contributed by atoms with Crippen molar-refractivity contribution in [1.82, 2.24) is 10.2 Å². The molecule has 0 aromatic heterocycles. The van der Waals surface area contributed by atoms with E-state index in [4.69, 9.17) is 4.74 Å². The minimum absolute atomic E-state index is 0.0723. The Morgan fingerprint density at radius 3 is 2.23 bits per heavy atom. The maximum Gasteiger partial charge on any atom is 0.264 e. The Labute approximate surface area is 238 Å². The summed E-state index contributed by atoms with van der Waals surface area (Å²) in [5.74, 6) is 0.0292. The third kappa shape index (κ3) is 7.63. The van der Waals surface area contributed by atoms with Crippen LogP contribution in [0.25, 0.3) is 0 Å². The van der Waals surface area contributed by atoms with Gasteiger partial charge in [0.1, 0.15) is 18.3 Å². The van der Waals surface area contributed by atoms with Crippen molar-refractivity contribution in [3.8, 4) is 5.75 Å². The van der Waals surface area contributed by atoms with Gasteiger partial charge in [-0.1, -0.05) is 50.2 Å². The zero-order chi connectivity index (χ0) is 29.4. The van der Waals surface area contributed by atoms with Crippen molar-refractivity contribution in [2.45, 2.75) is 52.1 Å². The molecule has 2 amide bonds. The average Bonchev–Trinajstić information content (AvgIpc) is 2.94. The fraction of sp³-hybridized carbons (Fsp3) is 0.355. The van der Waals surface area contributed by atoms with Crippen LogP contribution in [0.1, 0.15) is 37.5 Å². The van der Waals surface area contributed by atoms with Crippen LogP contribution < -0.4 is 14.4 Å². The van der Waals surface area contributed by atoms with Crippen molar-refractivity contribution >= 4 is 27.5 Å². The fourth-order valence-corrected chi connectivity index (χ4v) is 5.56. The molecule has 0 bridgehead atoms. The van der Waals surface area contributed by atoms with Crippen LogP contribution in [-0.2, 0) is 26.2 Å². The van der Waals surface area contributed by atoms with Gasteiger partial charge in [0.15, 0.2) is 0 Å². The van der Waals surface area contributed by atoms with Crippen molar-refractivity contribution < 1.29 is 22.7 Å². The van der Waals surface area contributed by atoms with Crippen LogP contribution in [0.2, 0.25) is 0 Å². The molecule has 0 spiro atoms. The van der Waals surface area contributed by atoms with Gasteiger partial charge in [-0.05, 0) is 79.8 Å². The van der Waals surface area contributed by atoms with Crippen molar-refractivity contribution in [1.29, 1.82) is 0 Å². The van der Waals surface area contributed by atoms with Gasteiger partial charge >= 0.3 is 0 Å². The molecule has 0 unspecified atom stereocenters. The number of amides is 2. The lowest BCUT2D eigenvalue weighted by atomic mass is 10.1. The molecule has 214 valence electrons. The molecule has 0 fully saturated rings. The van der Waals surface area contributed by atoms with Crippen molar-refractivity contribution in [2.24, 2.45) is 5.92 Å². The van der Waals surface area contributed by atoms with Gasteiger partial charge in [-0.3, -0.25) is 13.9 Å². The van der Waals surface area contributed by atoms with Crippen molar-refractivity contribution in [2.75, 3.05) is 24.5 Å². The zero-order valence-corrected chi connectivity index (χ0v) is 24.9. The number of carbonyl (C=O) groups excluding carboxylic acids is 2. The second kappa shape index (κ2) is 13.5. The zero-order valence-electron chi connectivity index (χ0n) is 24.0. The highest BCUT2D eigenvalue weighted by molar-refractivity contribution is 7.92. The summed E-state index contributed by atoms with van der Waals surface area (Å²) in [4.78, 5) is 28.6. The molecule has 3 aromatic rings. The largest absolute Gasteiger partial charge is 0.497 e. The maximum absolute atomic E-state index is 14.0. The Balaban J connectivity index is 2.03. The molecule has 0 aliphatic carbocycles. The summed E-state index contributed by atoms with van der Waals surface area (Å²) >= 11 is 0. The van der Waals surface area contributed by atoms with Crippen LogP contribution in [0.3, 0.4) is 0 Å². The van der Waals surface area contributed by atoms with Gasteiger partial charge in [-0.2, -0.15) is 0 Å². The summed E-state index contributed by atoms with van der Waals surface area (Å²) in [5, 5.41) is 2.89. The van der Waals surface area contributed by atoms with Crippen LogP contribution in [0.15, 0.2) is 77.7 Å². The maximum atomic E-state index is 14.0. The first-order valence-corrected chi connectivity index (χ1v) is 14.7. The third-order valence-corrected chi connectivity index (χ3v) is 8.52. The van der Waals surface area contributed by atoms with E-state index >= 15 is 0 Å². The van der Waals surface area contributed by atoms with E-state index in [2.05, 4.69) is 5.32 Å². The molecular weight excluding hydrogens is 526 g/mol. The van der Waals surface area contributed by atoms with E-state index < -0.39 is 28.5 Å². The van der Waals surface area contributed by atoms with Crippen molar-refractivity contribution in [3.05, 3.63) is 89.5 Å². The summed E-state index contributed by atoms with van der Waals surface area (Å²) in [7, 11) is -2.54. The molecule has 9 heteroatoms. The third-order valence-electron chi connectivity index (χ3n) is 6.73. The molecule has 0 saturated heterocycles. The van der Waals surface area contributed by atoms with Crippen LogP contribution in [0.5, 0.6) is 5.75 Å². The number of sulfonamides is 1. The molecule has 8 nitrogen and oxygen atoms in total. The number of carbonyl (C=O) groups is 2. The highest BCUT2D eigenvalue weighted by Crippen LogP contribution is 2.26. The predicted octanol–water partition coefficient (Wildman–Crippen LogP) is 4.70. The normalized spacial score (nSPS) is 12.1. The SMILES string of the molecule is COc1cccc(CN(C(=O)CN(c2ccc(C)c(C)c2)S(=O)(=O)c2ccccc2)[C@@H](C)C(=O)NCC(C)C)c1. The number of aryl methyl sites for hydroxylation is 2. The van der Waals surface area contributed by atoms with E-state index in [1.807, 2.05) is 45.9 Å². The van der Waals surface area contributed by atoms with Crippen molar-refractivity contribution in [3.63, 3.8) is 0 Å². The summed E-state index contributed by atoms with van der Waals surface area (Å²) in [6, 6.07) is 19.7. The number of benzene rings is 3. The van der Waals surface area contributed by atoms with E-state index in [9.17, 15) is 18.0 Å². The minimum atomic E-state index is -4.10. The Bertz CT molecular complexity index is 1420. The molecule has 1 N–H and O–H groups in total. The first-order chi connectivity index (χ1) is 18.9. The Morgan fingerprint density at radius 2 is 1.60 bits per heavy atom. The second-order valence-electron chi connectivity index (χ2n) is 10.3. The minimum Gasteiger partial charge on any atom is -0.497 e. The van der Waals surface area contributed by atoms with Gasteiger partial charge in [0.05, 0.1) is 17.7 Å². The predicted molar refractivity (Wildman–Crippen MR) is 158 cm³/mol. The molecule has 0 radical (unpaired) electrons. The van der Waals surface area contributed by atoms with E-state index in [0.29, 0.717) is 18.0 Å². The topological polar surface area (TPSA) is 96.0 Å². The molecule has 0 aliphatic rings. The highest BCUT2D eigenvalue weighted by Gasteiger charge is 2.32. The van der Waals surface area contributed by atoms with Crippen LogP contribution in [-0.4, -0.2) is 51.4 Å². The lowest BCUT2D eigenvalue weighted by Crippen LogP contribution is -2.51. The summed E-state index contributed by atoms with van der Waals surface area (Å²) in [6.07, 6.45) is 0. The molecule has 0 heterocycles. The molecule has 3 rings (SSSR count). The smallest absolute Gasteiger partial charge is 0.264 e.